The fraction of sp³-hybridized carbons (Fsp3) is 0.579. The van der Waals surface area contributed by atoms with Gasteiger partial charge in [0.05, 0.1) is 13.5 Å². The summed E-state index contributed by atoms with van der Waals surface area (Å²) in [7, 11) is 1.50. The van der Waals surface area contributed by atoms with Crippen LogP contribution in [0.4, 0.5) is 4.79 Å². The second-order valence-corrected chi connectivity index (χ2v) is 7.30. The van der Waals surface area contributed by atoms with E-state index in [2.05, 4.69) is 0 Å². The Hall–Kier alpha value is -2.44. The summed E-state index contributed by atoms with van der Waals surface area (Å²) >= 11 is 0. The van der Waals surface area contributed by atoms with Gasteiger partial charge in [-0.05, 0) is 26.8 Å². The number of hydrogen-bond donors (Lipinski definition) is 1. The molecule has 0 aliphatic carbocycles. The molecular weight excluding hydrogens is 338 g/mol. The topological polar surface area (TPSA) is 85.3 Å². The Morgan fingerprint density at radius 3 is 2.42 bits per heavy atom. The van der Waals surface area contributed by atoms with Crippen molar-refractivity contribution in [2.75, 3.05) is 20.2 Å². The summed E-state index contributed by atoms with van der Waals surface area (Å²) in [5, 5.41) is 9.02. The minimum Gasteiger partial charge on any atom is -0.493 e. The Morgan fingerprint density at radius 1 is 1.23 bits per heavy atom. The maximum Gasteiger partial charge on any atom is 0.410 e. The van der Waals surface area contributed by atoms with Crippen LogP contribution in [0, 0.1) is 0 Å². The molecule has 0 atom stereocenters. The molecule has 0 unspecified atom stereocenters. The number of carboxylic acids is 1. The van der Waals surface area contributed by atoms with Crippen molar-refractivity contribution in [1.82, 2.24) is 4.90 Å². The lowest BCUT2D eigenvalue weighted by atomic mass is 10.1. The second-order valence-electron chi connectivity index (χ2n) is 7.30. The molecule has 144 valence electrons. The zero-order valence-corrected chi connectivity index (χ0v) is 15.8. The third-order valence-corrected chi connectivity index (χ3v) is 3.99. The normalized spacial score (nSPS) is 15.5. The van der Waals surface area contributed by atoms with Gasteiger partial charge in [0.25, 0.3) is 0 Å². The average molecular weight is 365 g/mol. The molecule has 1 aromatic carbocycles. The molecule has 1 aliphatic heterocycles. The van der Waals surface area contributed by atoms with E-state index in [1.807, 2.05) is 20.8 Å². The monoisotopic (exact) mass is 365 g/mol. The predicted molar refractivity (Wildman–Crippen MR) is 95.8 cm³/mol. The Kier molecular flexibility index (Phi) is 6.34. The summed E-state index contributed by atoms with van der Waals surface area (Å²) < 4.78 is 16.8. The minimum absolute atomic E-state index is 0.0670. The van der Waals surface area contributed by atoms with Crippen molar-refractivity contribution in [3.8, 4) is 11.5 Å². The summed E-state index contributed by atoms with van der Waals surface area (Å²) in [6, 6.07) is 5.24. The highest BCUT2D eigenvalue weighted by atomic mass is 16.6. The number of hydrogen-bond acceptors (Lipinski definition) is 5. The minimum atomic E-state index is -0.925. The van der Waals surface area contributed by atoms with E-state index in [1.165, 1.54) is 7.11 Å². The van der Waals surface area contributed by atoms with E-state index < -0.39 is 11.6 Å². The van der Waals surface area contributed by atoms with Crippen LogP contribution in [0.25, 0.3) is 0 Å². The van der Waals surface area contributed by atoms with Crippen LogP contribution in [0.3, 0.4) is 0 Å². The van der Waals surface area contributed by atoms with Crippen LogP contribution in [0.5, 0.6) is 11.5 Å². The molecule has 0 saturated carbocycles. The molecular formula is C19H27NO6. The molecule has 1 saturated heterocycles. The van der Waals surface area contributed by atoms with Gasteiger partial charge in [0, 0.05) is 31.5 Å². The summed E-state index contributed by atoms with van der Waals surface area (Å²) in [4.78, 5) is 24.8. The third kappa shape index (κ3) is 5.54. The lowest BCUT2D eigenvalue weighted by molar-refractivity contribution is -0.136. The SMILES string of the molecule is COc1c(CC(=O)O)cccc1OC1CCN(C(=O)OC(C)(C)C)CC1. The lowest BCUT2D eigenvalue weighted by Gasteiger charge is -2.33. The molecule has 1 amide bonds. The molecule has 1 aromatic rings. The van der Waals surface area contributed by atoms with Gasteiger partial charge < -0.3 is 24.2 Å². The summed E-state index contributed by atoms with van der Waals surface area (Å²) in [6.07, 6.45) is 0.842. The van der Waals surface area contributed by atoms with Crippen molar-refractivity contribution in [2.24, 2.45) is 0 Å². The molecule has 0 bridgehead atoms. The first-order valence-corrected chi connectivity index (χ1v) is 8.72. The number of likely N-dealkylation sites (tertiary alicyclic amines) is 1. The van der Waals surface area contributed by atoms with Crippen LogP contribution in [0.15, 0.2) is 18.2 Å². The highest BCUT2D eigenvalue weighted by molar-refractivity contribution is 5.72. The van der Waals surface area contributed by atoms with E-state index in [0.29, 0.717) is 43.0 Å². The number of carboxylic acid groups (broad SMARTS) is 1. The second kappa shape index (κ2) is 8.29. The zero-order chi connectivity index (χ0) is 19.3. The van der Waals surface area contributed by atoms with Crippen molar-refractivity contribution >= 4 is 12.1 Å². The maximum absolute atomic E-state index is 12.1. The number of carbonyl (C=O) groups excluding carboxylic acids is 1. The van der Waals surface area contributed by atoms with Crippen molar-refractivity contribution in [2.45, 2.75) is 51.7 Å². The number of rotatable bonds is 5. The first kappa shape index (κ1) is 19.9. The van der Waals surface area contributed by atoms with Gasteiger partial charge in [-0.25, -0.2) is 4.79 Å². The first-order chi connectivity index (χ1) is 12.2. The van der Waals surface area contributed by atoms with Crippen molar-refractivity contribution in [1.29, 1.82) is 0 Å². The fourth-order valence-corrected chi connectivity index (χ4v) is 2.85. The molecule has 7 heteroatoms. The Labute approximate surface area is 153 Å². The molecule has 7 nitrogen and oxygen atoms in total. The molecule has 0 radical (unpaired) electrons. The Balaban J connectivity index is 1.97. The number of amides is 1. The van der Waals surface area contributed by atoms with Gasteiger partial charge >= 0.3 is 12.1 Å². The van der Waals surface area contributed by atoms with Gasteiger partial charge in [-0.15, -0.1) is 0 Å². The van der Waals surface area contributed by atoms with Crippen LogP contribution in [-0.4, -0.2) is 54.0 Å². The smallest absolute Gasteiger partial charge is 0.410 e. The lowest BCUT2D eigenvalue weighted by Crippen LogP contribution is -2.44. The number of carbonyl (C=O) groups is 2. The number of benzene rings is 1. The molecule has 1 aliphatic rings. The van der Waals surface area contributed by atoms with Gasteiger partial charge in [0.1, 0.15) is 11.7 Å². The van der Waals surface area contributed by atoms with E-state index in [9.17, 15) is 9.59 Å². The van der Waals surface area contributed by atoms with Crippen molar-refractivity contribution in [3.05, 3.63) is 23.8 Å². The number of ether oxygens (including phenoxy) is 3. The van der Waals surface area contributed by atoms with Crippen LogP contribution in [0.1, 0.15) is 39.2 Å². The van der Waals surface area contributed by atoms with Crippen molar-refractivity contribution in [3.63, 3.8) is 0 Å². The van der Waals surface area contributed by atoms with E-state index in [1.54, 1.807) is 23.1 Å². The fourth-order valence-electron chi connectivity index (χ4n) is 2.85. The van der Waals surface area contributed by atoms with E-state index in [4.69, 9.17) is 19.3 Å². The number of para-hydroxylation sites is 1. The molecule has 1 fully saturated rings. The Bertz CT molecular complexity index is 644. The van der Waals surface area contributed by atoms with Crippen molar-refractivity contribution < 1.29 is 28.9 Å². The molecule has 0 spiro atoms. The largest absolute Gasteiger partial charge is 0.493 e. The van der Waals surface area contributed by atoms with Crippen LogP contribution in [0.2, 0.25) is 0 Å². The zero-order valence-electron chi connectivity index (χ0n) is 15.8. The van der Waals surface area contributed by atoms with Gasteiger partial charge in [0.15, 0.2) is 11.5 Å². The van der Waals surface area contributed by atoms with Crippen LogP contribution >= 0.6 is 0 Å². The Morgan fingerprint density at radius 2 is 1.88 bits per heavy atom. The number of aliphatic carboxylic acids is 1. The maximum atomic E-state index is 12.1. The van der Waals surface area contributed by atoms with Gasteiger partial charge in [-0.2, -0.15) is 0 Å². The summed E-state index contributed by atoms with van der Waals surface area (Å²) in [5.41, 5.74) is 0.0613. The average Bonchev–Trinajstić information content (AvgIpc) is 2.53. The predicted octanol–water partition coefficient (Wildman–Crippen LogP) is 3.10. The van der Waals surface area contributed by atoms with E-state index >= 15 is 0 Å². The van der Waals surface area contributed by atoms with E-state index in [-0.39, 0.29) is 18.6 Å². The van der Waals surface area contributed by atoms with Gasteiger partial charge in [-0.1, -0.05) is 12.1 Å². The van der Waals surface area contributed by atoms with Gasteiger partial charge in [-0.3, -0.25) is 4.79 Å². The van der Waals surface area contributed by atoms with E-state index in [0.717, 1.165) is 0 Å². The standard InChI is InChI=1S/C19H27NO6/c1-19(2,3)26-18(23)20-10-8-14(9-11-20)25-15-7-5-6-13(12-16(21)22)17(15)24-4/h5-7,14H,8-12H2,1-4H3,(H,21,22). The number of nitrogens with zero attached hydrogens (tertiary/aromatic N) is 1. The highest BCUT2D eigenvalue weighted by Crippen LogP contribution is 2.33. The summed E-state index contributed by atoms with van der Waals surface area (Å²) in [6.45, 7) is 6.64. The molecule has 26 heavy (non-hydrogen) atoms. The first-order valence-electron chi connectivity index (χ1n) is 8.72. The molecule has 1 heterocycles. The summed E-state index contributed by atoms with van der Waals surface area (Å²) in [5.74, 6) is 0.0533. The molecule has 2 rings (SSSR count). The highest BCUT2D eigenvalue weighted by Gasteiger charge is 2.28. The molecule has 1 N–H and O–H groups in total. The van der Waals surface area contributed by atoms with Crippen LogP contribution in [-0.2, 0) is 16.0 Å². The number of piperidine rings is 1. The quantitative estimate of drug-likeness (QED) is 0.863. The van der Waals surface area contributed by atoms with Crippen LogP contribution < -0.4 is 9.47 Å². The third-order valence-electron chi connectivity index (χ3n) is 3.99. The van der Waals surface area contributed by atoms with Gasteiger partial charge in [0.2, 0.25) is 0 Å². The molecule has 0 aromatic heterocycles. The number of methoxy groups -OCH3 is 1.